The zero-order valence-corrected chi connectivity index (χ0v) is 12.4. The quantitative estimate of drug-likeness (QED) is 0.713. The molecule has 0 atom stereocenters. The van der Waals surface area contributed by atoms with Crippen molar-refractivity contribution in [3.05, 3.63) is 60.9 Å². The average molecular weight is 291 g/mol. The molecule has 0 fully saturated rings. The minimum Gasteiger partial charge on any atom is -0.493 e. The Morgan fingerprint density at radius 3 is 2.41 bits per heavy atom. The number of nitrogens with zero attached hydrogens (tertiary/aromatic N) is 3. The largest absolute Gasteiger partial charge is 0.493 e. The summed E-state index contributed by atoms with van der Waals surface area (Å²) in [4.78, 5) is 13.1. The van der Waals surface area contributed by atoms with E-state index in [9.17, 15) is 0 Å². The minimum absolute atomic E-state index is 0.626. The maximum absolute atomic E-state index is 5.79. The molecular weight excluding hydrogens is 274 g/mol. The normalized spacial score (nSPS) is 10.4. The molecule has 3 rings (SSSR count). The molecule has 0 saturated heterocycles. The highest BCUT2D eigenvalue weighted by Crippen LogP contribution is 2.28. The molecule has 0 saturated carbocycles. The van der Waals surface area contributed by atoms with E-state index in [0.29, 0.717) is 18.3 Å². The third-order valence-electron chi connectivity index (χ3n) is 3.19. The number of ether oxygens (including phenoxy) is 1. The van der Waals surface area contributed by atoms with E-state index in [-0.39, 0.29) is 0 Å². The molecule has 0 spiro atoms. The van der Waals surface area contributed by atoms with Crippen molar-refractivity contribution in [3.8, 4) is 28.5 Å². The highest BCUT2D eigenvalue weighted by Gasteiger charge is 2.10. The van der Waals surface area contributed by atoms with Gasteiger partial charge in [-0.3, -0.25) is 0 Å². The first-order chi connectivity index (χ1) is 10.9. The molecule has 110 valence electrons. The van der Waals surface area contributed by atoms with Gasteiger partial charge in [-0.2, -0.15) is 0 Å². The maximum atomic E-state index is 5.79. The molecule has 4 nitrogen and oxygen atoms in total. The van der Waals surface area contributed by atoms with E-state index in [0.717, 1.165) is 23.3 Å². The summed E-state index contributed by atoms with van der Waals surface area (Å²) in [6, 6.07) is 17.7. The fraction of sp³-hybridized carbons (Fsp3) is 0.167. The van der Waals surface area contributed by atoms with Gasteiger partial charge in [-0.15, -0.1) is 0 Å². The molecule has 22 heavy (non-hydrogen) atoms. The number of hydrogen-bond acceptors (Lipinski definition) is 4. The molecule has 0 N–H and O–H groups in total. The Kier molecular flexibility index (Phi) is 4.39. The highest BCUT2D eigenvalue weighted by atomic mass is 16.5. The van der Waals surface area contributed by atoms with Gasteiger partial charge in [0.05, 0.1) is 12.2 Å². The van der Waals surface area contributed by atoms with Gasteiger partial charge in [-0.25, -0.2) is 15.0 Å². The van der Waals surface area contributed by atoms with Crippen LogP contribution < -0.4 is 4.74 Å². The summed E-state index contributed by atoms with van der Waals surface area (Å²) in [5.41, 5.74) is 1.86. The van der Waals surface area contributed by atoms with Crippen LogP contribution in [0.5, 0.6) is 5.75 Å². The van der Waals surface area contributed by atoms with E-state index in [4.69, 9.17) is 4.74 Å². The zero-order valence-electron chi connectivity index (χ0n) is 12.4. The predicted octanol–water partition coefficient (Wildman–Crippen LogP) is 3.99. The van der Waals surface area contributed by atoms with Crippen LogP contribution in [0.25, 0.3) is 22.8 Å². The fourth-order valence-electron chi connectivity index (χ4n) is 2.14. The second-order valence-electron chi connectivity index (χ2n) is 4.84. The molecule has 4 heteroatoms. The molecule has 0 bridgehead atoms. The Morgan fingerprint density at radius 1 is 0.864 bits per heavy atom. The van der Waals surface area contributed by atoms with Gasteiger partial charge < -0.3 is 4.74 Å². The standard InChI is InChI=1S/C18H17N3O/c1-2-12-22-16-11-7-6-10-15(16)18-20-13-19-17(21-18)14-8-4-3-5-9-14/h3-11,13H,2,12H2,1H3. The van der Waals surface area contributed by atoms with Crippen LogP contribution in [0.15, 0.2) is 60.9 Å². The molecule has 0 radical (unpaired) electrons. The van der Waals surface area contributed by atoms with Crippen LogP contribution in [-0.4, -0.2) is 21.6 Å². The van der Waals surface area contributed by atoms with E-state index in [2.05, 4.69) is 21.9 Å². The Hall–Kier alpha value is -2.75. The number of hydrogen-bond donors (Lipinski definition) is 0. The Morgan fingerprint density at radius 2 is 1.59 bits per heavy atom. The monoisotopic (exact) mass is 291 g/mol. The van der Waals surface area contributed by atoms with Crippen molar-refractivity contribution in [2.24, 2.45) is 0 Å². The number of para-hydroxylation sites is 1. The molecule has 1 aromatic heterocycles. The summed E-state index contributed by atoms with van der Waals surface area (Å²) in [5.74, 6) is 2.09. The zero-order chi connectivity index (χ0) is 15.2. The molecule has 1 heterocycles. The first-order valence-electron chi connectivity index (χ1n) is 7.35. The molecule has 0 aliphatic carbocycles. The first-order valence-corrected chi connectivity index (χ1v) is 7.35. The van der Waals surface area contributed by atoms with Crippen molar-refractivity contribution < 1.29 is 4.74 Å². The van der Waals surface area contributed by atoms with Crippen molar-refractivity contribution in [2.45, 2.75) is 13.3 Å². The summed E-state index contributed by atoms with van der Waals surface area (Å²) >= 11 is 0. The van der Waals surface area contributed by atoms with Gasteiger partial charge in [0.15, 0.2) is 11.6 Å². The van der Waals surface area contributed by atoms with Crippen molar-refractivity contribution in [1.29, 1.82) is 0 Å². The van der Waals surface area contributed by atoms with Crippen LogP contribution in [0.2, 0.25) is 0 Å². The molecule has 0 aliphatic rings. The lowest BCUT2D eigenvalue weighted by atomic mass is 10.1. The topological polar surface area (TPSA) is 47.9 Å². The van der Waals surface area contributed by atoms with Gasteiger partial charge in [0.1, 0.15) is 12.1 Å². The lowest BCUT2D eigenvalue weighted by molar-refractivity contribution is 0.318. The van der Waals surface area contributed by atoms with E-state index >= 15 is 0 Å². The van der Waals surface area contributed by atoms with Crippen LogP contribution in [0, 0.1) is 0 Å². The summed E-state index contributed by atoms with van der Waals surface area (Å²) in [6.07, 6.45) is 2.50. The van der Waals surface area contributed by atoms with E-state index in [1.54, 1.807) is 6.33 Å². The molecule has 2 aromatic carbocycles. The predicted molar refractivity (Wildman–Crippen MR) is 86.5 cm³/mol. The van der Waals surface area contributed by atoms with Gasteiger partial charge in [0, 0.05) is 5.56 Å². The molecule has 0 amide bonds. The van der Waals surface area contributed by atoms with Crippen molar-refractivity contribution >= 4 is 0 Å². The maximum Gasteiger partial charge on any atom is 0.167 e. The lowest BCUT2D eigenvalue weighted by Gasteiger charge is -2.10. The Balaban J connectivity index is 1.99. The molecule has 0 unspecified atom stereocenters. The number of benzene rings is 2. The van der Waals surface area contributed by atoms with E-state index in [1.807, 2.05) is 54.6 Å². The Labute approximate surface area is 129 Å². The minimum atomic E-state index is 0.626. The first kappa shape index (κ1) is 14.2. The second kappa shape index (κ2) is 6.80. The van der Waals surface area contributed by atoms with Crippen LogP contribution in [0.4, 0.5) is 0 Å². The number of rotatable bonds is 5. The number of aromatic nitrogens is 3. The smallest absolute Gasteiger partial charge is 0.167 e. The Bertz CT molecular complexity index is 744. The van der Waals surface area contributed by atoms with Gasteiger partial charge in [0.25, 0.3) is 0 Å². The van der Waals surface area contributed by atoms with E-state index < -0.39 is 0 Å². The van der Waals surface area contributed by atoms with Gasteiger partial charge in [0.2, 0.25) is 0 Å². The average Bonchev–Trinajstić information content (AvgIpc) is 2.61. The summed E-state index contributed by atoms with van der Waals surface area (Å²) in [7, 11) is 0. The van der Waals surface area contributed by atoms with Crippen molar-refractivity contribution in [2.75, 3.05) is 6.61 Å². The summed E-state index contributed by atoms with van der Waals surface area (Å²) in [5, 5.41) is 0. The highest BCUT2D eigenvalue weighted by molar-refractivity contribution is 5.66. The molecule has 3 aromatic rings. The molecular formula is C18H17N3O. The molecule has 0 aliphatic heterocycles. The van der Waals surface area contributed by atoms with Gasteiger partial charge >= 0.3 is 0 Å². The summed E-state index contributed by atoms with van der Waals surface area (Å²) < 4.78 is 5.79. The van der Waals surface area contributed by atoms with Gasteiger partial charge in [-0.05, 0) is 18.6 Å². The lowest BCUT2D eigenvalue weighted by Crippen LogP contribution is -2.00. The third-order valence-corrected chi connectivity index (χ3v) is 3.19. The fourth-order valence-corrected chi connectivity index (χ4v) is 2.14. The van der Waals surface area contributed by atoms with Crippen molar-refractivity contribution in [3.63, 3.8) is 0 Å². The third kappa shape index (κ3) is 3.11. The van der Waals surface area contributed by atoms with Crippen molar-refractivity contribution in [1.82, 2.24) is 15.0 Å². The summed E-state index contributed by atoms with van der Waals surface area (Å²) in [6.45, 7) is 2.76. The van der Waals surface area contributed by atoms with Gasteiger partial charge in [-0.1, -0.05) is 49.4 Å². The SMILES string of the molecule is CCCOc1ccccc1-c1ncnc(-c2ccccc2)n1. The van der Waals surface area contributed by atoms with E-state index in [1.165, 1.54) is 0 Å². The van der Waals surface area contributed by atoms with Crippen LogP contribution in [0.3, 0.4) is 0 Å². The second-order valence-corrected chi connectivity index (χ2v) is 4.84. The van der Waals surface area contributed by atoms with Crippen LogP contribution in [0.1, 0.15) is 13.3 Å². The van der Waals surface area contributed by atoms with Crippen LogP contribution >= 0.6 is 0 Å². The van der Waals surface area contributed by atoms with Crippen LogP contribution in [-0.2, 0) is 0 Å².